The number of aryl methyl sites for hydroxylation is 1. The van der Waals surface area contributed by atoms with Crippen LogP contribution >= 0.6 is 0 Å². The first-order chi connectivity index (χ1) is 5.29. The van der Waals surface area contributed by atoms with Crippen molar-refractivity contribution in [2.45, 2.75) is 12.8 Å². The van der Waals surface area contributed by atoms with Crippen molar-refractivity contribution >= 4 is 5.78 Å². The summed E-state index contributed by atoms with van der Waals surface area (Å²) in [5.41, 5.74) is 0. The molecule has 0 atom stereocenters. The van der Waals surface area contributed by atoms with E-state index in [9.17, 15) is 4.79 Å². The summed E-state index contributed by atoms with van der Waals surface area (Å²) in [5.74, 6) is 0.871. The van der Waals surface area contributed by atoms with Crippen molar-refractivity contribution in [1.82, 2.24) is 14.8 Å². The molecule has 0 amide bonds. The van der Waals surface area contributed by atoms with Gasteiger partial charge < -0.3 is 0 Å². The van der Waals surface area contributed by atoms with Crippen LogP contribution in [-0.2, 0) is 7.05 Å². The zero-order valence-corrected chi connectivity index (χ0v) is 6.32. The number of ketones is 1. The molecule has 4 heteroatoms. The lowest BCUT2D eigenvalue weighted by Gasteiger charge is -1.94. The van der Waals surface area contributed by atoms with Crippen molar-refractivity contribution in [2.75, 3.05) is 0 Å². The van der Waals surface area contributed by atoms with E-state index in [1.807, 2.05) is 0 Å². The zero-order valence-electron chi connectivity index (χ0n) is 6.32. The van der Waals surface area contributed by atoms with E-state index in [0.29, 0.717) is 5.82 Å². The molecule has 0 unspecified atom stereocenters. The molecule has 1 fully saturated rings. The van der Waals surface area contributed by atoms with E-state index in [0.717, 1.165) is 12.8 Å². The Morgan fingerprint density at radius 3 is 2.91 bits per heavy atom. The smallest absolute Gasteiger partial charge is 0.202 e. The van der Waals surface area contributed by atoms with Crippen molar-refractivity contribution in [2.24, 2.45) is 13.0 Å². The number of hydrogen-bond acceptors (Lipinski definition) is 3. The minimum Gasteiger partial charge on any atom is -0.290 e. The van der Waals surface area contributed by atoms with Crippen LogP contribution in [0.4, 0.5) is 0 Å². The Morgan fingerprint density at radius 1 is 1.73 bits per heavy atom. The predicted octanol–water partition coefficient (Wildman–Crippen LogP) is 0.408. The Bertz CT molecular complexity index is 288. The molecule has 11 heavy (non-hydrogen) atoms. The highest BCUT2D eigenvalue weighted by Crippen LogP contribution is 2.31. The monoisotopic (exact) mass is 151 g/mol. The summed E-state index contributed by atoms with van der Waals surface area (Å²) in [4.78, 5) is 15.2. The molecule has 1 aliphatic rings. The Kier molecular flexibility index (Phi) is 1.27. The maximum absolute atomic E-state index is 11.4. The third-order valence-corrected chi connectivity index (χ3v) is 1.88. The van der Waals surface area contributed by atoms with Crippen molar-refractivity contribution in [3.63, 3.8) is 0 Å². The van der Waals surface area contributed by atoms with Gasteiger partial charge in [-0.1, -0.05) is 0 Å². The molecule has 1 saturated carbocycles. The number of rotatable bonds is 2. The zero-order chi connectivity index (χ0) is 7.84. The molecule has 0 N–H and O–H groups in total. The molecule has 0 spiro atoms. The third-order valence-electron chi connectivity index (χ3n) is 1.88. The van der Waals surface area contributed by atoms with Gasteiger partial charge >= 0.3 is 0 Å². The number of nitrogens with zero attached hydrogens (tertiary/aromatic N) is 3. The SMILES string of the molecule is Cn1ncnc1C(=O)C1CC1. The molecule has 1 aromatic rings. The number of carbonyl (C=O) groups excluding carboxylic acids is 1. The average molecular weight is 151 g/mol. The van der Waals surface area contributed by atoms with Crippen LogP contribution < -0.4 is 0 Å². The highest BCUT2D eigenvalue weighted by Gasteiger charge is 2.32. The molecular formula is C7H9N3O. The van der Waals surface area contributed by atoms with Crippen molar-refractivity contribution < 1.29 is 4.79 Å². The average Bonchev–Trinajstić information content (AvgIpc) is 2.74. The lowest BCUT2D eigenvalue weighted by atomic mass is 10.2. The first kappa shape index (κ1) is 6.52. The molecule has 0 saturated heterocycles. The largest absolute Gasteiger partial charge is 0.290 e. The molecule has 4 nitrogen and oxygen atoms in total. The van der Waals surface area contributed by atoms with Crippen LogP contribution in [0.25, 0.3) is 0 Å². The Morgan fingerprint density at radius 2 is 2.45 bits per heavy atom. The van der Waals surface area contributed by atoms with Gasteiger partial charge in [-0.15, -0.1) is 0 Å². The first-order valence-corrected chi connectivity index (χ1v) is 3.67. The van der Waals surface area contributed by atoms with Crippen LogP contribution in [0.1, 0.15) is 23.5 Å². The molecular weight excluding hydrogens is 142 g/mol. The van der Waals surface area contributed by atoms with Gasteiger partial charge in [0, 0.05) is 13.0 Å². The maximum Gasteiger partial charge on any atom is 0.202 e. The van der Waals surface area contributed by atoms with Gasteiger partial charge in [0.2, 0.25) is 5.78 Å². The highest BCUT2D eigenvalue weighted by molar-refractivity contribution is 5.96. The fourth-order valence-corrected chi connectivity index (χ4v) is 1.05. The predicted molar refractivity (Wildman–Crippen MR) is 38.1 cm³/mol. The fourth-order valence-electron chi connectivity index (χ4n) is 1.05. The quantitative estimate of drug-likeness (QED) is 0.575. The first-order valence-electron chi connectivity index (χ1n) is 3.67. The number of carbonyl (C=O) groups is 1. The van der Waals surface area contributed by atoms with Gasteiger partial charge in [0.05, 0.1) is 0 Å². The number of hydrogen-bond donors (Lipinski definition) is 0. The van der Waals surface area contributed by atoms with Crippen molar-refractivity contribution in [1.29, 1.82) is 0 Å². The second-order valence-electron chi connectivity index (χ2n) is 2.85. The van der Waals surface area contributed by atoms with Gasteiger partial charge in [0.1, 0.15) is 6.33 Å². The standard InChI is InChI=1S/C7H9N3O/c1-10-7(8-4-9-10)6(11)5-2-3-5/h4-5H,2-3H2,1H3. The topological polar surface area (TPSA) is 47.8 Å². The van der Waals surface area contributed by atoms with Crippen molar-refractivity contribution in [3.05, 3.63) is 12.2 Å². The highest BCUT2D eigenvalue weighted by atomic mass is 16.1. The normalized spacial score (nSPS) is 16.8. The second-order valence-corrected chi connectivity index (χ2v) is 2.85. The van der Waals surface area contributed by atoms with Gasteiger partial charge in [-0.2, -0.15) is 5.10 Å². The third kappa shape index (κ3) is 1.04. The summed E-state index contributed by atoms with van der Waals surface area (Å²) in [7, 11) is 1.74. The van der Waals surface area contributed by atoms with E-state index >= 15 is 0 Å². The summed E-state index contributed by atoms with van der Waals surface area (Å²) >= 11 is 0. The number of aromatic nitrogens is 3. The molecule has 1 aliphatic carbocycles. The van der Waals surface area contributed by atoms with Crippen LogP contribution in [-0.4, -0.2) is 20.5 Å². The molecule has 0 radical (unpaired) electrons. The van der Waals surface area contributed by atoms with Gasteiger partial charge in [-0.05, 0) is 12.8 Å². The van der Waals surface area contributed by atoms with E-state index in [-0.39, 0.29) is 11.7 Å². The van der Waals surface area contributed by atoms with Crippen LogP contribution in [0.2, 0.25) is 0 Å². The summed E-state index contributed by atoms with van der Waals surface area (Å²) in [6.45, 7) is 0. The fraction of sp³-hybridized carbons (Fsp3) is 0.571. The van der Waals surface area contributed by atoms with Crippen LogP contribution in [0, 0.1) is 5.92 Å². The molecule has 0 aromatic carbocycles. The molecule has 58 valence electrons. The van der Waals surface area contributed by atoms with E-state index in [1.165, 1.54) is 11.0 Å². The summed E-state index contributed by atoms with van der Waals surface area (Å²) in [6.07, 6.45) is 3.45. The van der Waals surface area contributed by atoms with Gasteiger partial charge in [-0.25, -0.2) is 9.67 Å². The Balaban J connectivity index is 2.27. The van der Waals surface area contributed by atoms with Gasteiger partial charge in [0.15, 0.2) is 5.82 Å². The molecule has 1 aromatic heterocycles. The van der Waals surface area contributed by atoms with E-state index < -0.39 is 0 Å². The number of Topliss-reactive ketones (excluding diaryl/α,β-unsaturated/α-hetero) is 1. The lowest BCUT2D eigenvalue weighted by molar-refractivity contribution is 0.0953. The van der Waals surface area contributed by atoms with Crippen LogP contribution in [0.15, 0.2) is 6.33 Å². The van der Waals surface area contributed by atoms with Gasteiger partial charge in [-0.3, -0.25) is 4.79 Å². The van der Waals surface area contributed by atoms with Crippen molar-refractivity contribution in [3.8, 4) is 0 Å². The van der Waals surface area contributed by atoms with Crippen LogP contribution in [0.3, 0.4) is 0 Å². The second kappa shape index (κ2) is 2.15. The lowest BCUT2D eigenvalue weighted by Crippen LogP contribution is -2.09. The maximum atomic E-state index is 11.4. The summed E-state index contributed by atoms with van der Waals surface area (Å²) < 4.78 is 1.53. The van der Waals surface area contributed by atoms with E-state index in [1.54, 1.807) is 7.05 Å². The van der Waals surface area contributed by atoms with Gasteiger partial charge in [0.25, 0.3) is 0 Å². The van der Waals surface area contributed by atoms with E-state index in [4.69, 9.17) is 0 Å². The Labute approximate surface area is 64.2 Å². The molecule has 0 aliphatic heterocycles. The van der Waals surface area contributed by atoms with E-state index in [2.05, 4.69) is 10.1 Å². The molecule has 1 heterocycles. The minimum absolute atomic E-state index is 0.144. The van der Waals surface area contributed by atoms with Crippen LogP contribution in [0.5, 0.6) is 0 Å². The summed E-state index contributed by atoms with van der Waals surface area (Å²) in [5, 5.41) is 3.83. The summed E-state index contributed by atoms with van der Waals surface area (Å²) in [6, 6.07) is 0. The molecule has 2 rings (SSSR count). The Hall–Kier alpha value is -1.19. The molecule has 0 bridgehead atoms. The minimum atomic E-state index is 0.144.